The van der Waals surface area contributed by atoms with Crippen LogP contribution in [0.3, 0.4) is 0 Å². The van der Waals surface area contributed by atoms with Gasteiger partial charge in [0.25, 0.3) is 0 Å². The number of hydrogen-bond acceptors (Lipinski definition) is 6. The fourth-order valence-electron chi connectivity index (χ4n) is 5.55. The molecule has 3 atom stereocenters. The Balaban J connectivity index is 1.23. The van der Waals surface area contributed by atoms with E-state index in [4.69, 9.17) is 14.2 Å². The van der Waals surface area contributed by atoms with Gasteiger partial charge in [0.2, 0.25) is 0 Å². The maximum atomic E-state index is 12.5. The Morgan fingerprint density at radius 2 is 1.91 bits per heavy atom. The van der Waals surface area contributed by atoms with Crippen LogP contribution in [0, 0.1) is 5.92 Å². The first-order valence-corrected chi connectivity index (χ1v) is 13.0. The molecule has 34 heavy (non-hydrogen) atoms. The zero-order chi connectivity index (χ0) is 24.1. The summed E-state index contributed by atoms with van der Waals surface area (Å²) in [5, 5.41) is 0. The Kier molecular flexibility index (Phi) is 8.38. The fourth-order valence-corrected chi connectivity index (χ4v) is 5.55. The molecule has 190 valence electrons. The van der Waals surface area contributed by atoms with Crippen molar-refractivity contribution in [2.75, 3.05) is 53.0 Å². The number of amides is 1. The Labute approximate surface area is 205 Å². The number of hydrogen-bond donors (Lipinski definition) is 0. The highest BCUT2D eigenvalue weighted by atomic mass is 16.6. The third-order valence-corrected chi connectivity index (χ3v) is 7.29. The van der Waals surface area contributed by atoms with Crippen molar-refractivity contribution in [1.29, 1.82) is 0 Å². The Hall–Kier alpha value is -1.83. The molecule has 7 heteroatoms. The molecule has 0 bridgehead atoms. The Morgan fingerprint density at radius 3 is 2.71 bits per heavy atom. The standard InChI is InChI=1S/C27H43N3O4/c1-27(2,3)34-26(31)30-14-13-29-17-22(10-11-23(29)18-30)19-33-25-9-5-7-21(15-25)16-28-12-6-8-24(28)20-32-4/h5,7,9,15,22-24H,6,8,10-14,16-20H2,1-4H3/t22-,23-,24?/m1/s1. The quantitative estimate of drug-likeness (QED) is 0.597. The summed E-state index contributed by atoms with van der Waals surface area (Å²) in [5.41, 5.74) is 0.864. The highest BCUT2D eigenvalue weighted by molar-refractivity contribution is 5.68. The van der Waals surface area contributed by atoms with Crippen LogP contribution >= 0.6 is 0 Å². The van der Waals surface area contributed by atoms with Crippen LogP contribution in [0.15, 0.2) is 24.3 Å². The Morgan fingerprint density at radius 1 is 1.06 bits per heavy atom. The summed E-state index contributed by atoms with van der Waals surface area (Å²) in [4.78, 5) is 19.4. The number of piperidine rings is 1. The number of carbonyl (C=O) groups excluding carboxylic acids is 1. The SMILES string of the molecule is COCC1CCCN1Cc1cccc(OC[C@@H]2CC[C@@H]3CN(C(=O)OC(C)(C)C)CCN3C2)c1. The lowest BCUT2D eigenvalue weighted by Gasteiger charge is -2.46. The number of piperazine rings is 1. The highest BCUT2D eigenvalue weighted by Gasteiger charge is 2.36. The molecule has 0 aromatic heterocycles. The van der Waals surface area contributed by atoms with Crippen LogP contribution < -0.4 is 4.74 Å². The highest BCUT2D eigenvalue weighted by Crippen LogP contribution is 2.27. The predicted molar refractivity (Wildman–Crippen MR) is 133 cm³/mol. The summed E-state index contributed by atoms with van der Waals surface area (Å²) >= 11 is 0. The molecule has 3 aliphatic heterocycles. The molecule has 3 fully saturated rings. The second-order valence-electron chi connectivity index (χ2n) is 11.2. The minimum absolute atomic E-state index is 0.181. The topological polar surface area (TPSA) is 54.5 Å². The van der Waals surface area contributed by atoms with Gasteiger partial charge in [0, 0.05) is 57.8 Å². The smallest absolute Gasteiger partial charge is 0.410 e. The first-order valence-electron chi connectivity index (χ1n) is 13.0. The van der Waals surface area contributed by atoms with Crippen LogP contribution in [0.2, 0.25) is 0 Å². The minimum Gasteiger partial charge on any atom is -0.493 e. The van der Waals surface area contributed by atoms with Crippen molar-refractivity contribution < 1.29 is 19.0 Å². The van der Waals surface area contributed by atoms with E-state index in [1.807, 2.05) is 25.7 Å². The van der Waals surface area contributed by atoms with E-state index in [9.17, 15) is 4.79 Å². The van der Waals surface area contributed by atoms with Gasteiger partial charge in [-0.15, -0.1) is 0 Å². The molecular formula is C27H43N3O4. The molecule has 3 aliphatic rings. The van der Waals surface area contributed by atoms with Gasteiger partial charge in [-0.2, -0.15) is 0 Å². The molecule has 0 spiro atoms. The molecule has 0 saturated carbocycles. The van der Waals surface area contributed by atoms with Crippen molar-refractivity contribution in [3.05, 3.63) is 29.8 Å². The van der Waals surface area contributed by atoms with Gasteiger partial charge in [0.15, 0.2) is 0 Å². The maximum Gasteiger partial charge on any atom is 0.410 e. The van der Waals surface area contributed by atoms with Crippen molar-refractivity contribution >= 4 is 6.09 Å². The van der Waals surface area contributed by atoms with Gasteiger partial charge in [0.1, 0.15) is 11.4 Å². The molecule has 1 aromatic rings. The zero-order valence-corrected chi connectivity index (χ0v) is 21.5. The largest absolute Gasteiger partial charge is 0.493 e. The number of benzene rings is 1. The van der Waals surface area contributed by atoms with E-state index in [0.29, 0.717) is 18.0 Å². The number of ether oxygens (including phenoxy) is 3. The van der Waals surface area contributed by atoms with E-state index < -0.39 is 5.60 Å². The molecule has 0 radical (unpaired) electrons. The van der Waals surface area contributed by atoms with Crippen molar-refractivity contribution in [3.8, 4) is 5.75 Å². The molecule has 3 heterocycles. The van der Waals surface area contributed by atoms with Crippen molar-refractivity contribution in [1.82, 2.24) is 14.7 Å². The molecule has 3 saturated heterocycles. The van der Waals surface area contributed by atoms with Gasteiger partial charge in [-0.05, 0) is 70.7 Å². The van der Waals surface area contributed by atoms with Crippen molar-refractivity contribution in [2.24, 2.45) is 5.92 Å². The molecule has 1 aromatic carbocycles. The van der Waals surface area contributed by atoms with Crippen LogP contribution in [0.4, 0.5) is 4.79 Å². The van der Waals surface area contributed by atoms with E-state index in [0.717, 1.165) is 71.1 Å². The summed E-state index contributed by atoms with van der Waals surface area (Å²) in [6.45, 7) is 12.9. The zero-order valence-electron chi connectivity index (χ0n) is 21.5. The molecule has 1 unspecified atom stereocenters. The van der Waals surface area contributed by atoms with Crippen LogP contribution in [0.1, 0.15) is 52.0 Å². The third kappa shape index (κ3) is 6.86. The summed E-state index contributed by atoms with van der Waals surface area (Å²) in [6, 6.07) is 9.55. The number of fused-ring (bicyclic) bond motifs is 1. The molecule has 7 nitrogen and oxygen atoms in total. The molecular weight excluding hydrogens is 430 g/mol. The van der Waals surface area contributed by atoms with Gasteiger partial charge >= 0.3 is 6.09 Å². The average molecular weight is 474 g/mol. The van der Waals surface area contributed by atoms with Crippen LogP contribution in [0.5, 0.6) is 5.75 Å². The first-order chi connectivity index (χ1) is 16.3. The molecule has 0 aliphatic carbocycles. The van der Waals surface area contributed by atoms with Crippen molar-refractivity contribution in [3.63, 3.8) is 0 Å². The summed E-state index contributed by atoms with van der Waals surface area (Å²) in [7, 11) is 1.79. The lowest BCUT2D eigenvalue weighted by molar-refractivity contribution is -0.0122. The van der Waals surface area contributed by atoms with Crippen molar-refractivity contribution in [2.45, 2.75) is 70.7 Å². The van der Waals surface area contributed by atoms with Gasteiger partial charge in [-0.3, -0.25) is 9.80 Å². The van der Waals surface area contributed by atoms with E-state index in [1.165, 1.54) is 18.4 Å². The summed E-state index contributed by atoms with van der Waals surface area (Å²) < 4.78 is 17.2. The molecule has 4 rings (SSSR count). The second-order valence-corrected chi connectivity index (χ2v) is 11.2. The van der Waals surface area contributed by atoms with Gasteiger partial charge in [-0.25, -0.2) is 4.79 Å². The number of carbonyl (C=O) groups is 1. The minimum atomic E-state index is -0.444. The van der Waals surface area contributed by atoms with Gasteiger partial charge in [-0.1, -0.05) is 12.1 Å². The number of nitrogens with zero attached hydrogens (tertiary/aromatic N) is 3. The number of likely N-dealkylation sites (tertiary alicyclic amines) is 1. The van der Waals surface area contributed by atoms with E-state index in [-0.39, 0.29) is 6.09 Å². The second kappa shape index (κ2) is 11.3. The third-order valence-electron chi connectivity index (χ3n) is 7.29. The summed E-state index contributed by atoms with van der Waals surface area (Å²) in [6.07, 6.45) is 4.52. The maximum absolute atomic E-state index is 12.5. The van der Waals surface area contributed by atoms with Crippen LogP contribution in [-0.2, 0) is 16.0 Å². The average Bonchev–Trinajstić information content (AvgIpc) is 3.23. The fraction of sp³-hybridized carbons (Fsp3) is 0.741. The van der Waals surface area contributed by atoms with E-state index >= 15 is 0 Å². The molecule has 1 amide bonds. The first kappa shape index (κ1) is 25.3. The Bertz CT molecular complexity index is 811. The lowest BCUT2D eigenvalue weighted by atomic mass is 9.91. The van der Waals surface area contributed by atoms with Crippen LogP contribution in [0.25, 0.3) is 0 Å². The predicted octanol–water partition coefficient (Wildman–Crippen LogP) is 4.01. The van der Waals surface area contributed by atoms with E-state index in [1.54, 1.807) is 7.11 Å². The van der Waals surface area contributed by atoms with Gasteiger partial charge in [0.05, 0.1) is 13.2 Å². The lowest BCUT2D eigenvalue weighted by Crippen LogP contribution is -2.58. The molecule has 0 N–H and O–H groups in total. The monoisotopic (exact) mass is 473 g/mol. The van der Waals surface area contributed by atoms with Gasteiger partial charge < -0.3 is 19.1 Å². The number of methoxy groups -OCH3 is 1. The normalized spacial score (nSPS) is 26.4. The van der Waals surface area contributed by atoms with Crippen LogP contribution in [-0.4, -0.2) is 91.5 Å². The number of rotatable bonds is 7. The van der Waals surface area contributed by atoms with E-state index in [2.05, 4.69) is 34.1 Å². The summed E-state index contributed by atoms with van der Waals surface area (Å²) in [5.74, 6) is 1.49.